The van der Waals surface area contributed by atoms with Gasteiger partial charge in [0.05, 0.1) is 5.56 Å². The molecule has 18 heavy (non-hydrogen) atoms. The van der Waals surface area contributed by atoms with E-state index in [0.29, 0.717) is 12.8 Å². The Kier molecular flexibility index (Phi) is 5.17. The van der Waals surface area contributed by atoms with Gasteiger partial charge in [0.2, 0.25) is 0 Å². The fourth-order valence-corrected chi connectivity index (χ4v) is 1.60. The Morgan fingerprint density at radius 3 is 2.61 bits per heavy atom. The maximum absolute atomic E-state index is 11.8. The topological polar surface area (TPSA) is 86.6 Å². The lowest BCUT2D eigenvalue weighted by atomic mass is 10.1. The van der Waals surface area contributed by atoms with Gasteiger partial charge in [-0.15, -0.1) is 0 Å². The van der Waals surface area contributed by atoms with E-state index < -0.39 is 5.97 Å². The van der Waals surface area contributed by atoms with Crippen LogP contribution in [0.4, 0.5) is 0 Å². The molecule has 0 saturated heterocycles. The van der Waals surface area contributed by atoms with Gasteiger partial charge in [0.25, 0.3) is 5.91 Å². The number of carbonyl (C=O) groups excluding carboxylic acids is 1. The molecule has 0 aliphatic carbocycles. The second-order valence-electron chi connectivity index (χ2n) is 4.18. The fourth-order valence-electron chi connectivity index (χ4n) is 1.60. The van der Waals surface area contributed by atoms with E-state index in [9.17, 15) is 14.7 Å². The van der Waals surface area contributed by atoms with E-state index in [-0.39, 0.29) is 29.7 Å². The number of phenolic OH excluding ortho intramolecular Hbond substituents is 1. The molecule has 1 amide bonds. The van der Waals surface area contributed by atoms with E-state index in [1.54, 1.807) is 19.1 Å². The van der Waals surface area contributed by atoms with Crippen LogP contribution in [0.1, 0.15) is 36.5 Å². The monoisotopic (exact) mass is 251 g/mol. The highest BCUT2D eigenvalue weighted by Gasteiger charge is 2.13. The average molecular weight is 251 g/mol. The molecule has 0 bridgehead atoms. The molecule has 1 rings (SSSR count). The van der Waals surface area contributed by atoms with E-state index in [4.69, 9.17) is 5.11 Å². The van der Waals surface area contributed by atoms with Crippen molar-refractivity contribution >= 4 is 11.9 Å². The zero-order valence-electron chi connectivity index (χ0n) is 10.2. The third kappa shape index (κ3) is 4.45. The summed E-state index contributed by atoms with van der Waals surface area (Å²) in [6.45, 7) is 1.81. The summed E-state index contributed by atoms with van der Waals surface area (Å²) in [5, 5.41) is 20.7. The summed E-state index contributed by atoms with van der Waals surface area (Å²) in [5.41, 5.74) is 0.225. The SMILES string of the molecule is CC(CCCC(=O)O)NC(=O)c1ccccc1O. The minimum atomic E-state index is -0.839. The number of phenols is 1. The van der Waals surface area contributed by atoms with Crippen LogP contribution >= 0.6 is 0 Å². The zero-order valence-corrected chi connectivity index (χ0v) is 10.2. The molecule has 0 heterocycles. The first kappa shape index (κ1) is 14.0. The Morgan fingerprint density at radius 2 is 2.00 bits per heavy atom. The summed E-state index contributed by atoms with van der Waals surface area (Å²) in [4.78, 5) is 22.1. The molecule has 0 aromatic heterocycles. The summed E-state index contributed by atoms with van der Waals surface area (Å²) >= 11 is 0. The van der Waals surface area contributed by atoms with Crippen LogP contribution in [0, 0.1) is 0 Å². The van der Waals surface area contributed by atoms with Gasteiger partial charge in [0, 0.05) is 12.5 Å². The Bertz CT molecular complexity index is 431. The van der Waals surface area contributed by atoms with Crippen LogP contribution < -0.4 is 5.32 Å². The van der Waals surface area contributed by atoms with E-state index in [0.717, 1.165) is 0 Å². The summed E-state index contributed by atoms with van der Waals surface area (Å²) in [5.74, 6) is -1.25. The summed E-state index contributed by atoms with van der Waals surface area (Å²) in [6.07, 6.45) is 1.19. The second-order valence-corrected chi connectivity index (χ2v) is 4.18. The number of nitrogens with one attached hydrogen (secondary N) is 1. The van der Waals surface area contributed by atoms with Crippen molar-refractivity contribution in [2.24, 2.45) is 0 Å². The van der Waals surface area contributed by atoms with Crippen LogP contribution in [0.2, 0.25) is 0 Å². The average Bonchev–Trinajstić information content (AvgIpc) is 2.28. The number of amides is 1. The Hall–Kier alpha value is -2.04. The smallest absolute Gasteiger partial charge is 0.303 e. The van der Waals surface area contributed by atoms with Gasteiger partial charge < -0.3 is 15.5 Å². The molecular weight excluding hydrogens is 234 g/mol. The Labute approximate surface area is 105 Å². The summed E-state index contributed by atoms with van der Waals surface area (Å²) < 4.78 is 0. The van der Waals surface area contributed by atoms with Crippen molar-refractivity contribution in [2.75, 3.05) is 0 Å². The van der Waals surface area contributed by atoms with Crippen LogP contribution in [0.3, 0.4) is 0 Å². The Morgan fingerprint density at radius 1 is 1.33 bits per heavy atom. The normalized spacial score (nSPS) is 11.8. The van der Waals surface area contributed by atoms with Crippen LogP contribution in [0.5, 0.6) is 5.75 Å². The number of carbonyl (C=O) groups is 2. The van der Waals surface area contributed by atoms with Crippen molar-refractivity contribution in [2.45, 2.75) is 32.2 Å². The number of aromatic hydroxyl groups is 1. The van der Waals surface area contributed by atoms with Crippen molar-refractivity contribution in [3.63, 3.8) is 0 Å². The molecule has 1 unspecified atom stereocenters. The maximum Gasteiger partial charge on any atom is 0.303 e. The maximum atomic E-state index is 11.8. The first-order chi connectivity index (χ1) is 8.50. The number of hydrogen-bond acceptors (Lipinski definition) is 3. The molecule has 0 saturated carbocycles. The van der Waals surface area contributed by atoms with E-state index in [2.05, 4.69) is 5.32 Å². The van der Waals surface area contributed by atoms with Crippen molar-refractivity contribution < 1.29 is 19.8 Å². The molecule has 0 fully saturated rings. The third-order valence-corrected chi connectivity index (χ3v) is 2.55. The van der Waals surface area contributed by atoms with Gasteiger partial charge in [-0.3, -0.25) is 9.59 Å². The fraction of sp³-hybridized carbons (Fsp3) is 0.385. The molecule has 1 aromatic carbocycles. The van der Waals surface area contributed by atoms with Crippen LogP contribution in [-0.2, 0) is 4.79 Å². The number of carboxylic acid groups (broad SMARTS) is 1. The van der Waals surface area contributed by atoms with Gasteiger partial charge in [-0.1, -0.05) is 12.1 Å². The molecule has 5 heteroatoms. The second kappa shape index (κ2) is 6.64. The van der Waals surface area contributed by atoms with Gasteiger partial charge in [0.1, 0.15) is 5.75 Å². The summed E-state index contributed by atoms with van der Waals surface area (Å²) in [6, 6.07) is 6.17. The van der Waals surface area contributed by atoms with E-state index >= 15 is 0 Å². The van der Waals surface area contributed by atoms with E-state index in [1.165, 1.54) is 12.1 Å². The highest BCUT2D eigenvalue weighted by molar-refractivity contribution is 5.96. The molecular formula is C13H17NO4. The number of rotatable bonds is 6. The number of benzene rings is 1. The molecule has 0 aliphatic heterocycles. The third-order valence-electron chi connectivity index (χ3n) is 2.55. The molecule has 0 aliphatic rings. The standard InChI is InChI=1S/C13H17NO4/c1-9(5-4-8-12(16)17)14-13(18)10-6-2-3-7-11(10)15/h2-3,6-7,9,15H,4-5,8H2,1H3,(H,14,18)(H,16,17). The van der Waals surface area contributed by atoms with Gasteiger partial charge in [-0.2, -0.15) is 0 Å². The lowest BCUT2D eigenvalue weighted by molar-refractivity contribution is -0.137. The lowest BCUT2D eigenvalue weighted by Gasteiger charge is -2.13. The minimum absolute atomic E-state index is 0.0623. The number of para-hydroxylation sites is 1. The zero-order chi connectivity index (χ0) is 13.5. The molecule has 0 radical (unpaired) electrons. The number of carboxylic acids is 1. The summed E-state index contributed by atoms with van der Waals surface area (Å²) in [7, 11) is 0. The molecule has 0 spiro atoms. The quantitative estimate of drug-likeness (QED) is 0.719. The van der Waals surface area contributed by atoms with Crippen molar-refractivity contribution in [1.29, 1.82) is 0 Å². The number of hydrogen-bond donors (Lipinski definition) is 3. The van der Waals surface area contributed by atoms with Gasteiger partial charge >= 0.3 is 5.97 Å². The number of aliphatic carboxylic acids is 1. The van der Waals surface area contributed by atoms with Crippen LogP contribution in [0.15, 0.2) is 24.3 Å². The predicted molar refractivity (Wildman–Crippen MR) is 66.5 cm³/mol. The lowest BCUT2D eigenvalue weighted by Crippen LogP contribution is -2.32. The van der Waals surface area contributed by atoms with Crippen molar-refractivity contribution in [3.05, 3.63) is 29.8 Å². The molecule has 98 valence electrons. The van der Waals surface area contributed by atoms with Crippen LogP contribution in [0.25, 0.3) is 0 Å². The van der Waals surface area contributed by atoms with Gasteiger partial charge in [0.15, 0.2) is 0 Å². The van der Waals surface area contributed by atoms with Gasteiger partial charge in [-0.25, -0.2) is 0 Å². The van der Waals surface area contributed by atoms with E-state index in [1.807, 2.05) is 0 Å². The van der Waals surface area contributed by atoms with Crippen molar-refractivity contribution in [1.82, 2.24) is 5.32 Å². The predicted octanol–water partition coefficient (Wildman–Crippen LogP) is 1.77. The highest BCUT2D eigenvalue weighted by atomic mass is 16.4. The van der Waals surface area contributed by atoms with Crippen molar-refractivity contribution in [3.8, 4) is 5.75 Å². The first-order valence-electron chi connectivity index (χ1n) is 5.81. The molecule has 1 aromatic rings. The molecule has 3 N–H and O–H groups in total. The first-order valence-corrected chi connectivity index (χ1v) is 5.81. The Balaban J connectivity index is 2.45. The van der Waals surface area contributed by atoms with Crippen LogP contribution in [-0.4, -0.2) is 28.1 Å². The minimum Gasteiger partial charge on any atom is -0.507 e. The largest absolute Gasteiger partial charge is 0.507 e. The van der Waals surface area contributed by atoms with Gasteiger partial charge in [-0.05, 0) is 31.9 Å². The highest BCUT2D eigenvalue weighted by Crippen LogP contribution is 2.15. The molecule has 1 atom stereocenters. The molecule has 5 nitrogen and oxygen atoms in total.